The fourth-order valence-corrected chi connectivity index (χ4v) is 1.27. The fourth-order valence-electron chi connectivity index (χ4n) is 1.27. The Balaban J connectivity index is -0.000000152. The Bertz CT molecular complexity index is 164. The van der Waals surface area contributed by atoms with Crippen molar-refractivity contribution in [3.63, 3.8) is 0 Å². The Morgan fingerprint density at radius 2 is 0.607 bits per heavy atom. The van der Waals surface area contributed by atoms with Crippen LogP contribution in [0.25, 0.3) is 0 Å². The molecule has 0 radical (unpaired) electrons. The molecule has 0 heterocycles. The van der Waals surface area contributed by atoms with Gasteiger partial charge in [0, 0.05) is 39.6 Å². The summed E-state index contributed by atoms with van der Waals surface area (Å²) in [4.78, 5) is 0. The first kappa shape index (κ1) is 35.6. The van der Waals surface area contributed by atoms with E-state index in [9.17, 15) is 15.3 Å². The van der Waals surface area contributed by atoms with Crippen LogP contribution in [-0.4, -0.2) is 116 Å². The monoisotopic (exact) mass is 426 g/mol. The first-order chi connectivity index (χ1) is 13.2. The van der Waals surface area contributed by atoms with E-state index in [2.05, 4.69) is 0 Å². The van der Waals surface area contributed by atoms with E-state index < -0.39 is 0 Å². The maximum Gasteiger partial charge on any atom is 3.00 e. The van der Waals surface area contributed by atoms with E-state index >= 15 is 0 Å². The summed E-state index contributed by atoms with van der Waals surface area (Å²) in [5.41, 5.74) is 0. The largest absolute Gasteiger partial charge is 3.00 e. The van der Waals surface area contributed by atoms with Gasteiger partial charge in [0.2, 0.25) is 0 Å². The van der Waals surface area contributed by atoms with Crippen molar-refractivity contribution in [3.8, 4) is 0 Å². The molecule has 0 atom stereocenters. The molecule has 0 bridgehead atoms. The van der Waals surface area contributed by atoms with Crippen LogP contribution in [0.5, 0.6) is 0 Å². The molecule has 0 spiro atoms. The fraction of sp³-hybridized carbons (Fsp3) is 1.00. The van der Waals surface area contributed by atoms with E-state index in [1.807, 2.05) is 20.8 Å². The molecule has 9 nitrogen and oxygen atoms in total. The van der Waals surface area contributed by atoms with Gasteiger partial charge in [0.15, 0.2) is 0 Å². The molecule has 168 valence electrons. The summed E-state index contributed by atoms with van der Waals surface area (Å²) in [6.45, 7) is 11.7. The minimum atomic E-state index is -0.161. The molecule has 0 saturated carbocycles. The molecular formula is C18H39AlO9. The second-order valence-corrected chi connectivity index (χ2v) is 4.54. The molecule has 0 aliphatic heterocycles. The molecule has 0 fully saturated rings. The van der Waals surface area contributed by atoms with Crippen molar-refractivity contribution in [1.29, 1.82) is 0 Å². The molecule has 0 aromatic heterocycles. The van der Waals surface area contributed by atoms with Crippen molar-refractivity contribution in [3.05, 3.63) is 0 Å². The van der Waals surface area contributed by atoms with Crippen molar-refractivity contribution in [1.82, 2.24) is 0 Å². The zero-order valence-electron chi connectivity index (χ0n) is 17.9. The minimum Gasteiger partial charge on any atom is -0.853 e. The van der Waals surface area contributed by atoms with Gasteiger partial charge in [-0.15, -0.1) is 19.8 Å². The maximum absolute atomic E-state index is 9.80. The van der Waals surface area contributed by atoms with E-state index in [0.29, 0.717) is 79.3 Å². The van der Waals surface area contributed by atoms with Gasteiger partial charge >= 0.3 is 17.4 Å². The van der Waals surface area contributed by atoms with Gasteiger partial charge < -0.3 is 43.7 Å². The Morgan fingerprint density at radius 1 is 0.393 bits per heavy atom. The molecule has 0 aliphatic carbocycles. The predicted molar refractivity (Wildman–Crippen MR) is 102 cm³/mol. The topological polar surface area (TPSA) is 125 Å². The van der Waals surface area contributed by atoms with Gasteiger partial charge in [-0.3, -0.25) is 0 Å². The molecule has 0 amide bonds. The Morgan fingerprint density at radius 3 is 0.786 bits per heavy atom. The summed E-state index contributed by atoms with van der Waals surface area (Å²) in [7, 11) is 0. The average molecular weight is 426 g/mol. The van der Waals surface area contributed by atoms with Crippen LogP contribution in [-0.2, 0) is 28.4 Å². The summed E-state index contributed by atoms with van der Waals surface area (Å²) >= 11 is 0. The van der Waals surface area contributed by atoms with E-state index in [0.717, 1.165) is 0 Å². The van der Waals surface area contributed by atoms with Crippen LogP contribution in [0, 0.1) is 0 Å². The van der Waals surface area contributed by atoms with Crippen molar-refractivity contribution in [2.24, 2.45) is 0 Å². The quantitative estimate of drug-likeness (QED) is 0.178. The van der Waals surface area contributed by atoms with E-state index in [1.54, 1.807) is 0 Å². The molecule has 0 aromatic rings. The van der Waals surface area contributed by atoms with Crippen LogP contribution in [0.4, 0.5) is 0 Å². The predicted octanol–water partition coefficient (Wildman–Crippen LogP) is -2.18. The summed E-state index contributed by atoms with van der Waals surface area (Å²) < 4.78 is 29.4. The summed E-state index contributed by atoms with van der Waals surface area (Å²) in [5.74, 6) is 0. The number of hydrogen-bond donors (Lipinski definition) is 0. The summed E-state index contributed by atoms with van der Waals surface area (Å²) in [5, 5.41) is 29.4. The average Bonchev–Trinajstić information content (AvgIpc) is 2.69. The normalized spacial score (nSPS) is 9.64. The third-order valence-corrected chi connectivity index (χ3v) is 2.41. The zero-order chi connectivity index (χ0) is 20.8. The van der Waals surface area contributed by atoms with E-state index in [-0.39, 0.29) is 37.2 Å². The van der Waals surface area contributed by atoms with E-state index in [4.69, 9.17) is 28.4 Å². The molecule has 10 heteroatoms. The van der Waals surface area contributed by atoms with Gasteiger partial charge in [0.25, 0.3) is 0 Å². The van der Waals surface area contributed by atoms with Crippen LogP contribution >= 0.6 is 0 Å². The smallest absolute Gasteiger partial charge is 0.853 e. The third kappa shape index (κ3) is 50.2. The molecule has 0 unspecified atom stereocenters. The van der Waals surface area contributed by atoms with Gasteiger partial charge in [-0.1, -0.05) is 0 Å². The van der Waals surface area contributed by atoms with E-state index in [1.165, 1.54) is 0 Å². The summed E-state index contributed by atoms with van der Waals surface area (Å²) in [6.07, 6.45) is 0. The Labute approximate surface area is 181 Å². The zero-order valence-corrected chi connectivity index (χ0v) is 19.0. The first-order valence-electron chi connectivity index (χ1n) is 9.45. The first-order valence-corrected chi connectivity index (χ1v) is 9.45. The van der Waals surface area contributed by atoms with Gasteiger partial charge in [-0.2, -0.15) is 0 Å². The van der Waals surface area contributed by atoms with Gasteiger partial charge in [0.05, 0.1) is 39.6 Å². The standard InChI is InChI=1S/3C6H13O3.Al/c3*1-2-8-5-6-9-4-3-7;/h3*2-6H2,1H3;/q3*-1;+3. The van der Waals surface area contributed by atoms with Crippen molar-refractivity contribution in [2.45, 2.75) is 20.8 Å². The molecule has 0 saturated heterocycles. The second kappa shape index (κ2) is 41.5. The molecule has 28 heavy (non-hydrogen) atoms. The number of rotatable bonds is 18. The number of ether oxygens (including phenoxy) is 6. The molecule has 0 aromatic carbocycles. The summed E-state index contributed by atoms with van der Waals surface area (Å²) in [6, 6.07) is 0. The minimum absolute atomic E-state index is 0. The van der Waals surface area contributed by atoms with Crippen LogP contribution in [0.3, 0.4) is 0 Å². The van der Waals surface area contributed by atoms with Crippen LogP contribution in [0.15, 0.2) is 0 Å². The molecule has 0 N–H and O–H groups in total. The molecule has 0 rings (SSSR count). The Kier molecular flexibility index (Phi) is 52.8. The second-order valence-electron chi connectivity index (χ2n) is 4.54. The van der Waals surface area contributed by atoms with Gasteiger partial charge in [-0.05, 0) is 20.8 Å². The Hall–Kier alpha value is 0.172. The third-order valence-electron chi connectivity index (χ3n) is 2.41. The van der Waals surface area contributed by atoms with Crippen molar-refractivity contribution in [2.75, 3.05) is 99.1 Å². The van der Waals surface area contributed by atoms with Gasteiger partial charge in [0.1, 0.15) is 0 Å². The molecule has 0 aliphatic rings. The SMILES string of the molecule is CCOCCOCC[O-].CCOCCOCC[O-].CCOCCOCC[O-].[Al+3]. The van der Waals surface area contributed by atoms with Crippen LogP contribution < -0.4 is 15.3 Å². The van der Waals surface area contributed by atoms with Crippen molar-refractivity contribution >= 4 is 17.4 Å². The van der Waals surface area contributed by atoms with Crippen molar-refractivity contribution < 1.29 is 43.7 Å². The molecular weight excluding hydrogens is 387 g/mol. The maximum atomic E-state index is 9.80. The van der Waals surface area contributed by atoms with Crippen LogP contribution in [0.2, 0.25) is 0 Å². The van der Waals surface area contributed by atoms with Gasteiger partial charge in [-0.25, -0.2) is 0 Å². The number of hydrogen-bond acceptors (Lipinski definition) is 9. The van der Waals surface area contributed by atoms with Crippen LogP contribution in [0.1, 0.15) is 20.8 Å².